The highest BCUT2D eigenvalue weighted by Crippen LogP contribution is 2.27. The van der Waals surface area contributed by atoms with Gasteiger partial charge in [-0.2, -0.15) is 0 Å². The molecule has 0 aliphatic rings. The topological polar surface area (TPSA) is 125 Å². The van der Waals surface area contributed by atoms with Gasteiger partial charge in [-0.1, -0.05) is 34.7 Å². The van der Waals surface area contributed by atoms with E-state index in [1.807, 2.05) is 46.0 Å². The first kappa shape index (κ1) is 27.6. The average Bonchev–Trinajstić information content (AvgIpc) is 3.84. The summed E-state index contributed by atoms with van der Waals surface area (Å²) in [5.41, 5.74) is 9.47. The Hall–Kier alpha value is -5.20. The zero-order valence-corrected chi connectivity index (χ0v) is 25.2. The molecule has 0 fully saturated rings. The van der Waals surface area contributed by atoms with Crippen molar-refractivity contribution in [1.82, 2.24) is 59.7 Å². The van der Waals surface area contributed by atoms with E-state index < -0.39 is 0 Å². The molecule has 3 aromatic carbocycles. The normalized spacial score (nSPS) is 12.0. The summed E-state index contributed by atoms with van der Waals surface area (Å²) in [6.45, 7) is 1.86. The minimum Gasteiger partial charge on any atom is -0.338 e. The lowest BCUT2D eigenvalue weighted by Gasteiger charge is -2.06. The minimum atomic E-state index is 0.806. The molecule has 0 atom stereocenters. The number of aromatic amines is 2. The number of nitrogens with one attached hydrogen (secondary N) is 2. The van der Waals surface area contributed by atoms with Gasteiger partial charge in [-0.15, -0.1) is 10.2 Å². The van der Waals surface area contributed by atoms with Crippen molar-refractivity contribution in [2.75, 3.05) is 41.3 Å². The van der Waals surface area contributed by atoms with E-state index in [0.29, 0.717) is 0 Å². The molecule has 0 aliphatic carbocycles. The van der Waals surface area contributed by atoms with Crippen molar-refractivity contribution in [3.63, 3.8) is 0 Å². The molecule has 0 bridgehead atoms. The monoisotopic (exact) mass is 586 g/mol. The van der Waals surface area contributed by atoms with Crippen LogP contribution in [0.3, 0.4) is 0 Å². The summed E-state index contributed by atoms with van der Waals surface area (Å²) in [5.74, 6) is 1.61. The molecule has 0 aliphatic heterocycles. The van der Waals surface area contributed by atoms with Crippen LogP contribution in [0.1, 0.15) is 11.4 Å². The van der Waals surface area contributed by atoms with Crippen molar-refractivity contribution < 1.29 is 0 Å². The van der Waals surface area contributed by atoms with Gasteiger partial charge in [0.05, 0.1) is 57.2 Å². The number of aromatic nitrogens is 10. The first-order valence-electron chi connectivity index (χ1n) is 14.6. The maximum absolute atomic E-state index is 4.82. The lowest BCUT2D eigenvalue weighted by molar-refractivity contribution is 0.411. The van der Waals surface area contributed by atoms with Crippen LogP contribution < -0.4 is 0 Å². The molecule has 12 nitrogen and oxygen atoms in total. The molecule has 0 amide bonds. The van der Waals surface area contributed by atoms with E-state index in [4.69, 9.17) is 9.97 Å². The van der Waals surface area contributed by atoms with Gasteiger partial charge >= 0.3 is 0 Å². The number of imidazole rings is 2. The largest absolute Gasteiger partial charge is 0.338 e. The molecule has 4 heterocycles. The summed E-state index contributed by atoms with van der Waals surface area (Å²) >= 11 is 0. The Morgan fingerprint density at radius 3 is 1.43 bits per heavy atom. The number of benzene rings is 3. The fourth-order valence-corrected chi connectivity index (χ4v) is 5.09. The van der Waals surface area contributed by atoms with E-state index in [2.05, 4.69) is 105 Å². The molecule has 7 rings (SSSR count). The van der Waals surface area contributed by atoms with Gasteiger partial charge in [-0.05, 0) is 64.6 Å². The second-order valence-electron chi connectivity index (χ2n) is 11.6. The van der Waals surface area contributed by atoms with Crippen molar-refractivity contribution in [2.45, 2.75) is 12.8 Å². The van der Waals surface area contributed by atoms with E-state index in [-0.39, 0.29) is 0 Å². The predicted octanol–water partition coefficient (Wildman–Crippen LogP) is 4.14. The zero-order chi connectivity index (χ0) is 30.2. The SMILES string of the molecule is CN(C)CCc1cn(-c2ccc3nc(-c4ccc(-c5nc6ccc(-n7cc(CCN(C)C)nn7)cc6[nH]5)cc4)[nH]c3c2)nn1. The lowest BCUT2D eigenvalue weighted by atomic mass is 10.1. The molecule has 2 N–H and O–H groups in total. The highest BCUT2D eigenvalue weighted by atomic mass is 15.4. The fourth-order valence-electron chi connectivity index (χ4n) is 5.09. The van der Waals surface area contributed by atoms with Gasteiger partial charge in [0.1, 0.15) is 11.6 Å². The van der Waals surface area contributed by atoms with Crippen LogP contribution in [0.5, 0.6) is 0 Å². The molecule has 0 saturated carbocycles. The summed E-state index contributed by atoms with van der Waals surface area (Å²) in [6.07, 6.45) is 5.68. The van der Waals surface area contributed by atoms with E-state index in [1.54, 1.807) is 0 Å². The molecule has 0 saturated heterocycles. The third-order valence-electron chi connectivity index (χ3n) is 7.60. The Morgan fingerprint density at radius 2 is 1.02 bits per heavy atom. The summed E-state index contributed by atoms with van der Waals surface area (Å²) in [4.78, 5) is 20.9. The van der Waals surface area contributed by atoms with Gasteiger partial charge in [0, 0.05) is 37.1 Å². The van der Waals surface area contributed by atoms with Crippen LogP contribution in [-0.4, -0.2) is 101 Å². The summed E-state index contributed by atoms with van der Waals surface area (Å²) < 4.78 is 3.62. The molecule has 44 heavy (non-hydrogen) atoms. The number of nitrogens with zero attached hydrogens (tertiary/aromatic N) is 10. The van der Waals surface area contributed by atoms with Crippen molar-refractivity contribution in [1.29, 1.82) is 0 Å². The molecule has 4 aromatic heterocycles. The van der Waals surface area contributed by atoms with Crippen molar-refractivity contribution in [3.05, 3.63) is 84.4 Å². The number of hydrogen-bond donors (Lipinski definition) is 2. The molecular formula is C32H34N12. The number of H-pyrrole nitrogens is 2. The summed E-state index contributed by atoms with van der Waals surface area (Å²) in [6, 6.07) is 20.4. The van der Waals surface area contributed by atoms with E-state index >= 15 is 0 Å². The average molecular weight is 587 g/mol. The van der Waals surface area contributed by atoms with Gasteiger partial charge < -0.3 is 19.8 Å². The number of fused-ring (bicyclic) bond motifs is 2. The Kier molecular flexibility index (Phi) is 7.20. The second-order valence-corrected chi connectivity index (χ2v) is 11.6. The van der Waals surface area contributed by atoms with Crippen molar-refractivity contribution >= 4 is 22.1 Å². The Morgan fingerprint density at radius 1 is 0.591 bits per heavy atom. The molecular weight excluding hydrogens is 552 g/mol. The molecule has 7 aromatic rings. The third kappa shape index (κ3) is 5.72. The van der Waals surface area contributed by atoms with E-state index in [0.717, 1.165) is 93.5 Å². The Labute approximate surface area is 254 Å². The Bertz CT molecular complexity index is 1890. The van der Waals surface area contributed by atoms with Crippen LogP contribution in [0.15, 0.2) is 73.1 Å². The third-order valence-corrected chi connectivity index (χ3v) is 7.60. The van der Waals surface area contributed by atoms with Crippen LogP contribution in [0.25, 0.3) is 56.2 Å². The van der Waals surface area contributed by atoms with Crippen LogP contribution in [0, 0.1) is 0 Å². The smallest absolute Gasteiger partial charge is 0.138 e. The predicted molar refractivity (Wildman–Crippen MR) is 171 cm³/mol. The fraction of sp³-hybridized carbons (Fsp3) is 0.250. The second kappa shape index (κ2) is 11.5. The maximum atomic E-state index is 4.82. The molecule has 0 unspecified atom stereocenters. The van der Waals surface area contributed by atoms with Crippen LogP contribution in [0.2, 0.25) is 0 Å². The molecule has 12 heteroatoms. The summed E-state index contributed by atoms with van der Waals surface area (Å²) in [7, 11) is 8.22. The van der Waals surface area contributed by atoms with Crippen LogP contribution in [-0.2, 0) is 12.8 Å². The number of likely N-dealkylation sites (N-methyl/N-ethyl adjacent to an activating group) is 2. The van der Waals surface area contributed by atoms with Gasteiger partial charge in [0.2, 0.25) is 0 Å². The highest BCUT2D eigenvalue weighted by molar-refractivity contribution is 5.83. The lowest BCUT2D eigenvalue weighted by Crippen LogP contribution is -2.15. The summed E-state index contributed by atoms with van der Waals surface area (Å²) in [5, 5.41) is 17.3. The maximum Gasteiger partial charge on any atom is 0.138 e. The van der Waals surface area contributed by atoms with Gasteiger partial charge in [0.25, 0.3) is 0 Å². The van der Waals surface area contributed by atoms with Gasteiger partial charge in [-0.3, -0.25) is 0 Å². The van der Waals surface area contributed by atoms with Crippen LogP contribution >= 0.6 is 0 Å². The minimum absolute atomic E-state index is 0.806. The molecule has 0 spiro atoms. The standard InChI is InChI=1S/C32H34N12/c1-41(2)15-13-23-19-43(39-37-23)25-9-11-27-29(17-25)35-31(33-27)21-5-7-22(8-6-21)32-34-28-12-10-26(18-30(28)36-32)44-20-24(38-40-44)14-16-42(3)4/h5-12,17-20H,13-16H2,1-4H3,(H,33,35)(H,34,36). The highest BCUT2D eigenvalue weighted by Gasteiger charge is 2.12. The van der Waals surface area contributed by atoms with Gasteiger partial charge in [-0.25, -0.2) is 19.3 Å². The number of hydrogen-bond acceptors (Lipinski definition) is 8. The first-order valence-corrected chi connectivity index (χ1v) is 14.6. The molecule has 222 valence electrons. The quantitative estimate of drug-likeness (QED) is 0.245. The first-order chi connectivity index (χ1) is 21.4. The molecule has 0 radical (unpaired) electrons. The van der Waals surface area contributed by atoms with Crippen molar-refractivity contribution in [2.24, 2.45) is 0 Å². The van der Waals surface area contributed by atoms with E-state index in [9.17, 15) is 0 Å². The Balaban J connectivity index is 1.08. The van der Waals surface area contributed by atoms with Crippen LogP contribution in [0.4, 0.5) is 0 Å². The zero-order valence-electron chi connectivity index (χ0n) is 25.2. The van der Waals surface area contributed by atoms with Gasteiger partial charge in [0.15, 0.2) is 0 Å². The van der Waals surface area contributed by atoms with Crippen molar-refractivity contribution in [3.8, 4) is 34.2 Å². The van der Waals surface area contributed by atoms with E-state index in [1.165, 1.54) is 0 Å². The number of rotatable bonds is 10.